The summed E-state index contributed by atoms with van der Waals surface area (Å²) in [6.45, 7) is 2.66. The van der Waals surface area contributed by atoms with Crippen molar-refractivity contribution in [3.63, 3.8) is 0 Å². The Balaban J connectivity index is 2.43. The first-order chi connectivity index (χ1) is 8.13. The molecule has 0 atom stereocenters. The summed E-state index contributed by atoms with van der Waals surface area (Å²) in [6, 6.07) is 10.1. The second kappa shape index (κ2) is 6.97. The first kappa shape index (κ1) is 13.6. The number of aryl methyl sites for hydroxylation is 1. The van der Waals surface area contributed by atoms with Crippen LogP contribution in [-0.4, -0.2) is 29.4 Å². The van der Waals surface area contributed by atoms with E-state index in [0.29, 0.717) is 18.1 Å². The van der Waals surface area contributed by atoms with E-state index in [1.807, 2.05) is 37.3 Å². The van der Waals surface area contributed by atoms with Crippen LogP contribution in [0.4, 0.5) is 0 Å². The van der Waals surface area contributed by atoms with Gasteiger partial charge in [0.25, 0.3) is 0 Å². The number of carbonyl (C=O) groups is 1. The zero-order valence-electron chi connectivity index (χ0n) is 10.1. The molecule has 0 radical (unpaired) electrons. The molecule has 0 unspecified atom stereocenters. The molecule has 1 aromatic carbocycles. The van der Waals surface area contributed by atoms with Crippen LogP contribution in [0, 0.1) is 18.3 Å². The van der Waals surface area contributed by atoms with E-state index >= 15 is 0 Å². The minimum atomic E-state index is 0.0609. The van der Waals surface area contributed by atoms with Crippen molar-refractivity contribution in [2.45, 2.75) is 13.5 Å². The Kier molecular flexibility index (Phi) is 5.58. The number of hydrogen-bond acceptors (Lipinski definition) is 3. The van der Waals surface area contributed by atoms with Gasteiger partial charge < -0.3 is 4.90 Å². The molecule has 0 bridgehead atoms. The molecule has 0 aromatic heterocycles. The third kappa shape index (κ3) is 4.92. The van der Waals surface area contributed by atoms with Gasteiger partial charge in [-0.3, -0.25) is 4.79 Å². The van der Waals surface area contributed by atoms with Crippen molar-refractivity contribution in [3.05, 3.63) is 35.4 Å². The van der Waals surface area contributed by atoms with Crippen LogP contribution >= 0.6 is 11.8 Å². The molecule has 0 saturated heterocycles. The average molecular weight is 248 g/mol. The number of hydrogen-bond donors (Lipinski definition) is 0. The van der Waals surface area contributed by atoms with E-state index in [0.717, 1.165) is 5.56 Å². The summed E-state index contributed by atoms with van der Waals surface area (Å²) in [5.74, 6) is 0.797. The molecule has 0 aliphatic carbocycles. The van der Waals surface area contributed by atoms with Crippen LogP contribution in [0.1, 0.15) is 11.1 Å². The Labute approximate surface area is 106 Å². The summed E-state index contributed by atoms with van der Waals surface area (Å²) in [4.78, 5) is 13.4. The molecule has 0 aliphatic heterocycles. The van der Waals surface area contributed by atoms with Gasteiger partial charge in [0, 0.05) is 13.6 Å². The van der Waals surface area contributed by atoms with E-state index in [2.05, 4.69) is 0 Å². The summed E-state index contributed by atoms with van der Waals surface area (Å²) < 4.78 is 0. The van der Waals surface area contributed by atoms with Crippen LogP contribution in [0.3, 0.4) is 0 Å². The summed E-state index contributed by atoms with van der Waals surface area (Å²) in [6.07, 6.45) is 0. The highest BCUT2D eigenvalue weighted by Crippen LogP contribution is 2.07. The van der Waals surface area contributed by atoms with Gasteiger partial charge in [-0.15, -0.1) is 11.8 Å². The lowest BCUT2D eigenvalue weighted by Gasteiger charge is -2.16. The fourth-order valence-corrected chi connectivity index (χ4v) is 1.94. The topological polar surface area (TPSA) is 44.1 Å². The molecule has 0 aliphatic rings. The van der Waals surface area contributed by atoms with Gasteiger partial charge in [-0.1, -0.05) is 29.8 Å². The maximum Gasteiger partial charge on any atom is 0.232 e. The summed E-state index contributed by atoms with van der Waals surface area (Å²) >= 11 is 1.35. The zero-order valence-corrected chi connectivity index (χ0v) is 11.0. The third-order valence-corrected chi connectivity index (χ3v) is 3.14. The van der Waals surface area contributed by atoms with Gasteiger partial charge in [-0.05, 0) is 12.5 Å². The van der Waals surface area contributed by atoms with E-state index in [4.69, 9.17) is 5.26 Å². The minimum Gasteiger partial charge on any atom is -0.341 e. The van der Waals surface area contributed by atoms with E-state index in [1.165, 1.54) is 17.3 Å². The number of nitriles is 1. The second-order valence-electron chi connectivity index (χ2n) is 3.89. The van der Waals surface area contributed by atoms with Crippen LogP contribution in [0.2, 0.25) is 0 Å². The van der Waals surface area contributed by atoms with E-state index in [-0.39, 0.29) is 5.91 Å². The molecule has 1 rings (SSSR count). The molecule has 0 fully saturated rings. The summed E-state index contributed by atoms with van der Waals surface area (Å²) in [5, 5.41) is 8.38. The SMILES string of the molecule is Cc1ccc(CN(C)C(=O)CSCC#N)cc1. The van der Waals surface area contributed by atoms with Crippen LogP contribution in [0.25, 0.3) is 0 Å². The number of nitrogens with zero attached hydrogens (tertiary/aromatic N) is 2. The minimum absolute atomic E-state index is 0.0609. The molecular weight excluding hydrogens is 232 g/mol. The van der Waals surface area contributed by atoms with E-state index in [9.17, 15) is 4.79 Å². The molecule has 4 heteroatoms. The fraction of sp³-hybridized carbons (Fsp3) is 0.385. The van der Waals surface area contributed by atoms with Crippen molar-refractivity contribution < 1.29 is 4.79 Å². The number of benzene rings is 1. The van der Waals surface area contributed by atoms with Gasteiger partial charge in [0.1, 0.15) is 0 Å². The Morgan fingerprint density at radius 2 is 2.06 bits per heavy atom. The second-order valence-corrected chi connectivity index (χ2v) is 4.87. The maximum atomic E-state index is 11.7. The average Bonchev–Trinajstić information content (AvgIpc) is 2.32. The summed E-state index contributed by atoms with van der Waals surface area (Å²) in [5.41, 5.74) is 2.34. The Hall–Kier alpha value is -1.47. The van der Waals surface area contributed by atoms with Gasteiger partial charge in [0.15, 0.2) is 0 Å². The lowest BCUT2D eigenvalue weighted by Crippen LogP contribution is -2.27. The quantitative estimate of drug-likeness (QED) is 0.750. The summed E-state index contributed by atoms with van der Waals surface area (Å²) in [7, 11) is 1.79. The maximum absolute atomic E-state index is 11.7. The fourth-order valence-electron chi connectivity index (χ4n) is 1.35. The van der Waals surface area contributed by atoms with Crippen molar-refractivity contribution in [2.75, 3.05) is 18.6 Å². The number of rotatable bonds is 5. The van der Waals surface area contributed by atoms with Crippen molar-refractivity contribution in [1.82, 2.24) is 4.90 Å². The van der Waals surface area contributed by atoms with Gasteiger partial charge in [-0.2, -0.15) is 5.26 Å². The van der Waals surface area contributed by atoms with Crippen molar-refractivity contribution in [2.24, 2.45) is 0 Å². The highest BCUT2D eigenvalue weighted by molar-refractivity contribution is 8.00. The predicted octanol–water partition coefficient (Wildman–Crippen LogP) is 2.21. The van der Waals surface area contributed by atoms with Crippen molar-refractivity contribution in [1.29, 1.82) is 5.26 Å². The zero-order chi connectivity index (χ0) is 12.7. The normalized spacial score (nSPS) is 9.71. The van der Waals surface area contributed by atoms with Crippen molar-refractivity contribution >= 4 is 17.7 Å². The monoisotopic (exact) mass is 248 g/mol. The van der Waals surface area contributed by atoms with Gasteiger partial charge in [0.05, 0.1) is 17.6 Å². The largest absolute Gasteiger partial charge is 0.341 e. The van der Waals surface area contributed by atoms with Gasteiger partial charge in [-0.25, -0.2) is 0 Å². The first-order valence-corrected chi connectivity index (χ1v) is 6.53. The molecule has 3 nitrogen and oxygen atoms in total. The molecule has 0 N–H and O–H groups in total. The molecule has 17 heavy (non-hydrogen) atoms. The Morgan fingerprint density at radius 3 is 2.65 bits per heavy atom. The molecular formula is C13H16N2OS. The Bertz CT molecular complexity index is 408. The highest BCUT2D eigenvalue weighted by atomic mass is 32.2. The third-order valence-electron chi connectivity index (χ3n) is 2.36. The van der Waals surface area contributed by atoms with Crippen molar-refractivity contribution in [3.8, 4) is 6.07 Å². The molecule has 1 amide bonds. The smallest absolute Gasteiger partial charge is 0.232 e. The van der Waals surface area contributed by atoms with Crippen LogP contribution < -0.4 is 0 Å². The first-order valence-electron chi connectivity index (χ1n) is 5.37. The molecule has 0 spiro atoms. The number of amides is 1. The predicted molar refractivity (Wildman–Crippen MR) is 70.6 cm³/mol. The lowest BCUT2D eigenvalue weighted by atomic mass is 10.1. The van der Waals surface area contributed by atoms with Crippen LogP contribution in [0.5, 0.6) is 0 Å². The Morgan fingerprint density at radius 1 is 1.41 bits per heavy atom. The van der Waals surface area contributed by atoms with E-state index < -0.39 is 0 Å². The lowest BCUT2D eigenvalue weighted by molar-refractivity contribution is -0.127. The number of carbonyl (C=O) groups excluding carboxylic acids is 1. The molecule has 0 heterocycles. The number of thioether (sulfide) groups is 1. The van der Waals surface area contributed by atoms with Gasteiger partial charge in [0.2, 0.25) is 5.91 Å². The van der Waals surface area contributed by atoms with Crippen LogP contribution in [-0.2, 0) is 11.3 Å². The molecule has 90 valence electrons. The van der Waals surface area contributed by atoms with Crippen LogP contribution in [0.15, 0.2) is 24.3 Å². The highest BCUT2D eigenvalue weighted by Gasteiger charge is 2.08. The standard InChI is InChI=1S/C13H16N2OS/c1-11-3-5-12(6-4-11)9-15(2)13(16)10-17-8-7-14/h3-6H,8-10H2,1-2H3. The van der Waals surface area contributed by atoms with E-state index in [1.54, 1.807) is 11.9 Å². The molecule has 0 saturated carbocycles. The van der Waals surface area contributed by atoms with Gasteiger partial charge >= 0.3 is 0 Å². The molecule has 1 aromatic rings.